The molecule has 3 rings (SSSR count). The second-order valence-electron chi connectivity index (χ2n) is 6.65. The Morgan fingerprint density at radius 2 is 1.89 bits per heavy atom. The van der Waals surface area contributed by atoms with E-state index >= 15 is 0 Å². The number of aryl methyl sites for hydroxylation is 1. The molecule has 4 nitrogen and oxygen atoms in total. The van der Waals surface area contributed by atoms with Crippen LogP contribution in [0.1, 0.15) is 30.9 Å². The van der Waals surface area contributed by atoms with E-state index in [4.69, 9.17) is 0 Å². The van der Waals surface area contributed by atoms with Crippen LogP contribution in [0.3, 0.4) is 0 Å². The third-order valence-corrected chi connectivity index (χ3v) is 4.70. The van der Waals surface area contributed by atoms with Crippen LogP contribution in [0.4, 0.5) is 10.1 Å². The van der Waals surface area contributed by atoms with Gasteiger partial charge >= 0.3 is 0 Å². The Morgan fingerprint density at radius 1 is 1.15 bits per heavy atom. The summed E-state index contributed by atoms with van der Waals surface area (Å²) in [6.07, 6.45) is 3.66. The lowest BCUT2D eigenvalue weighted by atomic mass is 10.0. The van der Waals surface area contributed by atoms with Gasteiger partial charge in [-0.25, -0.2) is 4.39 Å². The van der Waals surface area contributed by atoms with Gasteiger partial charge in [0.15, 0.2) is 0 Å². The van der Waals surface area contributed by atoms with Gasteiger partial charge < -0.3 is 10.2 Å². The van der Waals surface area contributed by atoms with E-state index < -0.39 is 0 Å². The highest BCUT2D eigenvalue weighted by atomic mass is 19.1. The van der Waals surface area contributed by atoms with Crippen LogP contribution in [-0.4, -0.2) is 24.9 Å². The van der Waals surface area contributed by atoms with Crippen LogP contribution in [0.5, 0.6) is 0 Å². The number of carbonyl (C=O) groups is 2. The van der Waals surface area contributed by atoms with Crippen LogP contribution >= 0.6 is 0 Å². The zero-order valence-corrected chi connectivity index (χ0v) is 15.4. The lowest BCUT2D eigenvalue weighted by Gasteiger charge is -2.29. The van der Waals surface area contributed by atoms with E-state index in [2.05, 4.69) is 11.4 Å². The highest BCUT2D eigenvalue weighted by Gasteiger charge is 2.21. The third kappa shape index (κ3) is 4.82. The number of nitrogens with one attached hydrogen (secondary N) is 1. The van der Waals surface area contributed by atoms with Crippen molar-refractivity contribution in [2.24, 2.45) is 0 Å². The van der Waals surface area contributed by atoms with E-state index in [1.54, 1.807) is 19.1 Å². The standard InChI is InChI=1S/C22H23FN2O2/c1-16(17-8-10-19(23)11-9-17)15-21(26)24-13-12-22(27)25-14-4-6-18-5-2-3-7-20(18)25/h2-3,5,7-11,15H,4,6,12-14H2,1H3,(H,24,26)/b16-15-. The summed E-state index contributed by atoms with van der Waals surface area (Å²) in [5, 5.41) is 2.75. The van der Waals surface area contributed by atoms with Crippen molar-refractivity contribution < 1.29 is 14.0 Å². The minimum atomic E-state index is -0.311. The summed E-state index contributed by atoms with van der Waals surface area (Å²) in [4.78, 5) is 26.4. The van der Waals surface area contributed by atoms with Crippen LogP contribution in [0.2, 0.25) is 0 Å². The molecule has 1 heterocycles. The lowest BCUT2D eigenvalue weighted by Crippen LogP contribution is -2.37. The van der Waals surface area contributed by atoms with Crippen LogP contribution in [-0.2, 0) is 16.0 Å². The molecule has 2 aromatic rings. The largest absolute Gasteiger partial charge is 0.352 e. The molecule has 2 amide bonds. The van der Waals surface area contributed by atoms with Gasteiger partial charge in [0.25, 0.3) is 0 Å². The maximum atomic E-state index is 13.0. The van der Waals surface area contributed by atoms with Crippen LogP contribution < -0.4 is 10.2 Å². The summed E-state index contributed by atoms with van der Waals surface area (Å²) in [5.74, 6) is -0.556. The van der Waals surface area contributed by atoms with E-state index in [-0.39, 0.29) is 30.6 Å². The lowest BCUT2D eigenvalue weighted by molar-refractivity contribution is -0.119. The summed E-state index contributed by atoms with van der Waals surface area (Å²) in [7, 11) is 0. The van der Waals surface area contributed by atoms with E-state index in [0.717, 1.165) is 29.7 Å². The molecule has 140 valence electrons. The number of halogens is 1. The fourth-order valence-corrected chi connectivity index (χ4v) is 3.26. The Kier molecular flexibility index (Phi) is 6.01. The number of hydrogen-bond acceptors (Lipinski definition) is 2. The van der Waals surface area contributed by atoms with Gasteiger partial charge in [0, 0.05) is 31.3 Å². The predicted octanol–water partition coefficient (Wildman–Crippen LogP) is 3.71. The summed E-state index contributed by atoms with van der Waals surface area (Å²) in [5.41, 5.74) is 3.70. The molecule has 0 saturated carbocycles. The molecule has 2 aromatic carbocycles. The van der Waals surface area contributed by atoms with Crippen molar-refractivity contribution in [1.82, 2.24) is 5.32 Å². The molecule has 5 heteroatoms. The smallest absolute Gasteiger partial charge is 0.244 e. The second-order valence-corrected chi connectivity index (χ2v) is 6.65. The Morgan fingerprint density at radius 3 is 2.67 bits per heavy atom. The van der Waals surface area contributed by atoms with Gasteiger partial charge in [-0.3, -0.25) is 9.59 Å². The number of rotatable bonds is 5. The average Bonchev–Trinajstić information content (AvgIpc) is 2.67. The zero-order chi connectivity index (χ0) is 19.2. The number of anilines is 1. The van der Waals surface area contributed by atoms with E-state index in [1.165, 1.54) is 23.8 Å². The minimum absolute atomic E-state index is 0.0155. The van der Waals surface area contributed by atoms with Crippen LogP contribution in [0, 0.1) is 5.82 Å². The minimum Gasteiger partial charge on any atom is -0.352 e. The molecule has 1 N–H and O–H groups in total. The summed E-state index contributed by atoms with van der Waals surface area (Å²) < 4.78 is 13.0. The monoisotopic (exact) mass is 366 g/mol. The normalized spacial score (nSPS) is 13.9. The van der Waals surface area contributed by atoms with Crippen LogP contribution in [0.15, 0.2) is 54.6 Å². The Bertz CT molecular complexity index is 859. The molecule has 1 aliphatic heterocycles. The molecule has 0 radical (unpaired) electrons. The number of fused-ring (bicyclic) bond motifs is 1. The van der Waals surface area contributed by atoms with Gasteiger partial charge in [-0.15, -0.1) is 0 Å². The number of amides is 2. The first kappa shape index (κ1) is 18.8. The number of benzene rings is 2. The molecular formula is C22H23FN2O2. The molecule has 0 saturated heterocycles. The van der Waals surface area contributed by atoms with Gasteiger partial charge in [-0.1, -0.05) is 30.3 Å². The van der Waals surface area contributed by atoms with Gasteiger partial charge in [-0.2, -0.15) is 0 Å². The molecule has 0 unspecified atom stereocenters. The predicted molar refractivity (Wildman–Crippen MR) is 105 cm³/mol. The highest BCUT2D eigenvalue weighted by Crippen LogP contribution is 2.27. The number of hydrogen-bond donors (Lipinski definition) is 1. The highest BCUT2D eigenvalue weighted by molar-refractivity contribution is 5.96. The number of para-hydroxylation sites is 1. The number of carbonyl (C=O) groups excluding carboxylic acids is 2. The van der Waals surface area contributed by atoms with E-state index in [0.29, 0.717) is 6.54 Å². The van der Waals surface area contributed by atoms with Crippen molar-refractivity contribution in [2.75, 3.05) is 18.0 Å². The quantitative estimate of drug-likeness (QED) is 0.820. The zero-order valence-electron chi connectivity index (χ0n) is 15.4. The number of allylic oxidation sites excluding steroid dienone is 1. The molecule has 0 atom stereocenters. The molecule has 0 spiro atoms. The fourth-order valence-electron chi connectivity index (χ4n) is 3.26. The SMILES string of the molecule is C/C(=C/C(=O)NCCC(=O)N1CCCc2ccccc21)c1ccc(F)cc1. The molecule has 0 bridgehead atoms. The molecule has 1 aliphatic rings. The Hall–Kier alpha value is -2.95. The van der Waals surface area contributed by atoms with Crippen molar-refractivity contribution in [3.8, 4) is 0 Å². The second kappa shape index (κ2) is 8.62. The van der Waals surface area contributed by atoms with Crippen molar-refractivity contribution in [3.05, 3.63) is 71.6 Å². The Balaban J connectivity index is 1.52. The number of nitrogens with zero attached hydrogens (tertiary/aromatic N) is 1. The van der Waals surface area contributed by atoms with E-state index in [1.807, 2.05) is 23.1 Å². The fraction of sp³-hybridized carbons (Fsp3) is 0.273. The molecule has 0 aliphatic carbocycles. The average molecular weight is 366 g/mol. The Labute approximate surface area is 158 Å². The third-order valence-electron chi connectivity index (χ3n) is 4.70. The first-order chi connectivity index (χ1) is 13.0. The van der Waals surface area contributed by atoms with Crippen molar-refractivity contribution in [3.63, 3.8) is 0 Å². The molecule has 27 heavy (non-hydrogen) atoms. The summed E-state index contributed by atoms with van der Waals surface area (Å²) in [6.45, 7) is 2.79. The van der Waals surface area contributed by atoms with Gasteiger partial charge in [-0.05, 0) is 54.7 Å². The van der Waals surface area contributed by atoms with Crippen molar-refractivity contribution in [1.29, 1.82) is 0 Å². The molecule has 0 aromatic heterocycles. The van der Waals surface area contributed by atoms with Gasteiger partial charge in [0.05, 0.1) is 0 Å². The van der Waals surface area contributed by atoms with Crippen molar-refractivity contribution >= 4 is 23.1 Å². The maximum Gasteiger partial charge on any atom is 0.244 e. The van der Waals surface area contributed by atoms with Gasteiger partial charge in [0.2, 0.25) is 11.8 Å². The summed E-state index contributed by atoms with van der Waals surface area (Å²) >= 11 is 0. The van der Waals surface area contributed by atoms with E-state index in [9.17, 15) is 14.0 Å². The molecular weight excluding hydrogens is 343 g/mol. The first-order valence-electron chi connectivity index (χ1n) is 9.15. The topological polar surface area (TPSA) is 49.4 Å². The molecule has 0 fully saturated rings. The maximum absolute atomic E-state index is 13.0. The summed E-state index contributed by atoms with van der Waals surface area (Å²) in [6, 6.07) is 13.9. The van der Waals surface area contributed by atoms with Crippen LogP contribution in [0.25, 0.3) is 5.57 Å². The van der Waals surface area contributed by atoms with Crippen molar-refractivity contribution in [2.45, 2.75) is 26.2 Å². The van der Waals surface area contributed by atoms with Gasteiger partial charge in [0.1, 0.15) is 5.82 Å². The first-order valence-corrected chi connectivity index (χ1v) is 9.15.